The Labute approximate surface area is 85.1 Å². The summed E-state index contributed by atoms with van der Waals surface area (Å²) in [4.78, 5) is 2.31. The van der Waals surface area contributed by atoms with Crippen molar-refractivity contribution in [3.63, 3.8) is 0 Å². The molecular formula is C11H18N2O. The van der Waals surface area contributed by atoms with Crippen LogP contribution in [-0.2, 0) is 6.54 Å². The largest absolute Gasteiger partial charge is 0.468 e. The van der Waals surface area contributed by atoms with E-state index < -0.39 is 0 Å². The Balaban J connectivity index is 1.75. The summed E-state index contributed by atoms with van der Waals surface area (Å²) >= 11 is 0. The summed E-state index contributed by atoms with van der Waals surface area (Å²) in [5.74, 6) is 1.05. The Hall–Kier alpha value is -0.800. The molecule has 3 nitrogen and oxygen atoms in total. The molecule has 0 radical (unpaired) electrons. The van der Waals surface area contributed by atoms with Crippen molar-refractivity contribution < 1.29 is 4.42 Å². The van der Waals surface area contributed by atoms with E-state index in [-0.39, 0.29) is 0 Å². The van der Waals surface area contributed by atoms with Gasteiger partial charge in [0.15, 0.2) is 0 Å². The van der Waals surface area contributed by atoms with Gasteiger partial charge in [-0.25, -0.2) is 0 Å². The normalized spacial score (nSPS) is 22.0. The molecule has 78 valence electrons. The van der Waals surface area contributed by atoms with Crippen molar-refractivity contribution in [2.75, 3.05) is 20.1 Å². The predicted octanol–water partition coefficient (Wildman–Crippen LogP) is 1.46. The summed E-state index contributed by atoms with van der Waals surface area (Å²) < 4.78 is 5.31. The lowest BCUT2D eigenvalue weighted by Crippen LogP contribution is -2.34. The van der Waals surface area contributed by atoms with E-state index in [9.17, 15) is 0 Å². The fourth-order valence-corrected chi connectivity index (χ4v) is 2.02. The van der Waals surface area contributed by atoms with Crippen LogP contribution in [-0.4, -0.2) is 31.1 Å². The Morgan fingerprint density at radius 1 is 1.64 bits per heavy atom. The summed E-state index contributed by atoms with van der Waals surface area (Å²) in [6.07, 6.45) is 4.36. The third-order valence-electron chi connectivity index (χ3n) is 2.70. The van der Waals surface area contributed by atoms with Crippen molar-refractivity contribution in [1.82, 2.24) is 10.2 Å². The van der Waals surface area contributed by atoms with Gasteiger partial charge in [-0.2, -0.15) is 0 Å². The maximum absolute atomic E-state index is 5.31. The average molecular weight is 194 g/mol. The van der Waals surface area contributed by atoms with Gasteiger partial charge in [0.25, 0.3) is 0 Å². The monoisotopic (exact) mass is 194 g/mol. The quantitative estimate of drug-likeness (QED) is 0.786. The molecule has 0 aliphatic carbocycles. The van der Waals surface area contributed by atoms with Gasteiger partial charge in [-0.05, 0) is 38.6 Å². The molecule has 1 aromatic heterocycles. The topological polar surface area (TPSA) is 28.4 Å². The van der Waals surface area contributed by atoms with Gasteiger partial charge in [0.1, 0.15) is 5.76 Å². The number of hydrogen-bond acceptors (Lipinski definition) is 3. The Morgan fingerprint density at radius 2 is 2.57 bits per heavy atom. The van der Waals surface area contributed by atoms with Crippen LogP contribution in [0.1, 0.15) is 18.6 Å². The first-order chi connectivity index (χ1) is 6.84. The van der Waals surface area contributed by atoms with Crippen LogP contribution in [0.5, 0.6) is 0 Å². The summed E-state index contributed by atoms with van der Waals surface area (Å²) in [5.41, 5.74) is 0. The third-order valence-corrected chi connectivity index (χ3v) is 2.70. The smallest absolute Gasteiger partial charge is 0.117 e. The highest BCUT2D eigenvalue weighted by Gasteiger charge is 2.16. The molecule has 1 atom stereocenters. The van der Waals surface area contributed by atoms with Crippen LogP contribution < -0.4 is 5.32 Å². The fraction of sp³-hybridized carbons (Fsp3) is 0.636. The lowest BCUT2D eigenvalue weighted by Gasteiger charge is -2.19. The second-order valence-corrected chi connectivity index (χ2v) is 4.07. The number of rotatable bonds is 4. The lowest BCUT2D eigenvalue weighted by molar-refractivity contribution is 0.269. The molecule has 1 N–H and O–H groups in total. The molecule has 0 saturated carbocycles. The van der Waals surface area contributed by atoms with Crippen molar-refractivity contribution in [2.45, 2.75) is 25.4 Å². The molecule has 1 aliphatic rings. The van der Waals surface area contributed by atoms with Crippen molar-refractivity contribution >= 4 is 0 Å². The summed E-state index contributed by atoms with van der Waals surface area (Å²) in [5, 5.41) is 3.49. The lowest BCUT2D eigenvalue weighted by atomic mass is 10.2. The molecular weight excluding hydrogens is 176 g/mol. The Bertz CT molecular complexity index is 252. The van der Waals surface area contributed by atoms with E-state index in [1.165, 1.54) is 19.4 Å². The maximum Gasteiger partial charge on any atom is 0.117 e. The van der Waals surface area contributed by atoms with Crippen molar-refractivity contribution in [1.29, 1.82) is 0 Å². The zero-order valence-electron chi connectivity index (χ0n) is 8.70. The second-order valence-electron chi connectivity index (χ2n) is 4.07. The van der Waals surface area contributed by atoms with Crippen LogP contribution >= 0.6 is 0 Å². The molecule has 3 heteroatoms. The zero-order chi connectivity index (χ0) is 9.80. The second kappa shape index (κ2) is 4.62. The van der Waals surface area contributed by atoms with Crippen molar-refractivity contribution in [2.24, 2.45) is 0 Å². The van der Waals surface area contributed by atoms with E-state index in [0.717, 1.165) is 18.8 Å². The number of hydrogen-bond donors (Lipinski definition) is 1. The van der Waals surface area contributed by atoms with E-state index in [2.05, 4.69) is 17.3 Å². The number of furan rings is 1. The van der Waals surface area contributed by atoms with E-state index in [0.29, 0.717) is 6.04 Å². The molecule has 14 heavy (non-hydrogen) atoms. The first-order valence-electron chi connectivity index (χ1n) is 5.29. The van der Waals surface area contributed by atoms with Gasteiger partial charge in [-0.3, -0.25) is 4.90 Å². The van der Waals surface area contributed by atoms with Gasteiger partial charge in [-0.1, -0.05) is 0 Å². The van der Waals surface area contributed by atoms with Gasteiger partial charge >= 0.3 is 0 Å². The van der Waals surface area contributed by atoms with E-state index in [1.54, 1.807) is 6.26 Å². The molecule has 1 fully saturated rings. The van der Waals surface area contributed by atoms with Gasteiger partial charge in [0, 0.05) is 12.6 Å². The van der Waals surface area contributed by atoms with Gasteiger partial charge in [-0.15, -0.1) is 0 Å². The van der Waals surface area contributed by atoms with Crippen molar-refractivity contribution in [3.8, 4) is 0 Å². The third kappa shape index (κ3) is 2.59. The average Bonchev–Trinajstić information content (AvgIpc) is 2.76. The molecule has 0 amide bonds. The highest BCUT2D eigenvalue weighted by molar-refractivity contribution is 4.97. The fourth-order valence-electron chi connectivity index (χ4n) is 2.02. The minimum absolute atomic E-state index is 0.676. The van der Waals surface area contributed by atoms with E-state index in [1.807, 2.05) is 12.1 Å². The molecule has 1 aromatic rings. The van der Waals surface area contributed by atoms with Crippen LogP contribution in [0, 0.1) is 0 Å². The predicted molar refractivity (Wildman–Crippen MR) is 56.1 cm³/mol. The van der Waals surface area contributed by atoms with E-state index in [4.69, 9.17) is 4.42 Å². The zero-order valence-corrected chi connectivity index (χ0v) is 8.70. The highest BCUT2D eigenvalue weighted by atomic mass is 16.3. The SMILES string of the molecule is CN(Cc1ccco1)C[C@@H]1CCCN1. The number of nitrogens with one attached hydrogen (secondary N) is 1. The van der Waals surface area contributed by atoms with Gasteiger partial charge < -0.3 is 9.73 Å². The highest BCUT2D eigenvalue weighted by Crippen LogP contribution is 2.09. The molecule has 0 bridgehead atoms. The van der Waals surface area contributed by atoms with Gasteiger partial charge in [0.05, 0.1) is 12.8 Å². The summed E-state index contributed by atoms with van der Waals surface area (Å²) in [7, 11) is 2.14. The maximum atomic E-state index is 5.31. The minimum atomic E-state index is 0.676. The molecule has 2 rings (SSSR count). The Kier molecular flexibility index (Phi) is 3.22. The first-order valence-corrected chi connectivity index (χ1v) is 5.29. The molecule has 0 aromatic carbocycles. The molecule has 2 heterocycles. The van der Waals surface area contributed by atoms with Crippen LogP contribution in [0.2, 0.25) is 0 Å². The van der Waals surface area contributed by atoms with Crippen LogP contribution in [0.4, 0.5) is 0 Å². The number of nitrogens with zero attached hydrogens (tertiary/aromatic N) is 1. The van der Waals surface area contributed by atoms with Crippen LogP contribution in [0.25, 0.3) is 0 Å². The minimum Gasteiger partial charge on any atom is -0.468 e. The van der Waals surface area contributed by atoms with Crippen LogP contribution in [0.15, 0.2) is 22.8 Å². The molecule has 0 unspecified atom stereocenters. The van der Waals surface area contributed by atoms with Crippen molar-refractivity contribution in [3.05, 3.63) is 24.2 Å². The summed E-state index contributed by atoms with van der Waals surface area (Å²) in [6, 6.07) is 4.64. The van der Waals surface area contributed by atoms with E-state index >= 15 is 0 Å². The van der Waals surface area contributed by atoms with Gasteiger partial charge in [0.2, 0.25) is 0 Å². The Morgan fingerprint density at radius 3 is 3.21 bits per heavy atom. The summed E-state index contributed by atoms with van der Waals surface area (Å²) in [6.45, 7) is 3.20. The molecule has 1 aliphatic heterocycles. The van der Waals surface area contributed by atoms with Crippen LogP contribution in [0.3, 0.4) is 0 Å². The molecule has 1 saturated heterocycles. The standard InChI is InChI=1S/C11H18N2O/c1-13(8-10-4-2-6-12-10)9-11-5-3-7-14-11/h3,5,7,10,12H,2,4,6,8-9H2,1H3/t10-/m0/s1. The number of likely N-dealkylation sites (N-methyl/N-ethyl adjacent to an activating group) is 1. The molecule has 0 spiro atoms. The first kappa shape index (κ1) is 9.74.